The SMILES string of the molecule is CC.CC=Nc1ccc(C#N)cc1C.CCCC[C@@H]1C[C@H](CN(C(C)=O)c2cnc(C(C)(C)C)cn2)CCC1(F)F. The van der Waals surface area contributed by atoms with E-state index in [-0.39, 0.29) is 23.7 Å². The Morgan fingerprint density at radius 2 is 1.93 bits per heavy atom. The molecule has 2 atom stereocenters. The van der Waals surface area contributed by atoms with Gasteiger partial charge in [-0.05, 0) is 62.8 Å². The number of hydrogen-bond donors (Lipinski definition) is 0. The highest BCUT2D eigenvalue weighted by molar-refractivity contribution is 5.90. The lowest BCUT2D eigenvalue weighted by atomic mass is 9.76. The first-order valence-electron chi connectivity index (χ1n) is 14.8. The molecule has 8 heteroatoms. The van der Waals surface area contributed by atoms with E-state index in [0.29, 0.717) is 37.2 Å². The number of aromatic nitrogens is 2. The van der Waals surface area contributed by atoms with Gasteiger partial charge in [0.2, 0.25) is 5.91 Å². The van der Waals surface area contributed by atoms with Gasteiger partial charge < -0.3 is 0 Å². The molecule has 0 bridgehead atoms. The first kappa shape index (κ1) is 35.8. The molecule has 1 aromatic carbocycles. The van der Waals surface area contributed by atoms with Gasteiger partial charge in [0.05, 0.1) is 35.4 Å². The van der Waals surface area contributed by atoms with Crippen molar-refractivity contribution in [3.8, 4) is 6.07 Å². The van der Waals surface area contributed by atoms with E-state index in [2.05, 4.69) is 41.8 Å². The molecule has 0 aliphatic heterocycles. The van der Waals surface area contributed by atoms with Crippen molar-refractivity contribution in [2.24, 2.45) is 16.8 Å². The molecule has 226 valence electrons. The van der Waals surface area contributed by atoms with Gasteiger partial charge in [-0.2, -0.15) is 5.26 Å². The number of aliphatic imine (C=N–C) groups is 1. The average molecular weight is 570 g/mol. The van der Waals surface area contributed by atoms with Crippen molar-refractivity contribution in [2.75, 3.05) is 11.4 Å². The number of nitrogens with zero attached hydrogens (tertiary/aromatic N) is 5. The summed E-state index contributed by atoms with van der Waals surface area (Å²) >= 11 is 0. The fourth-order valence-electron chi connectivity index (χ4n) is 4.74. The number of unbranched alkanes of at least 4 members (excludes halogenated alkanes) is 1. The molecule has 0 saturated heterocycles. The molecule has 3 rings (SSSR count). The zero-order valence-corrected chi connectivity index (χ0v) is 26.5. The summed E-state index contributed by atoms with van der Waals surface area (Å²) in [5.41, 5.74) is 3.38. The lowest BCUT2D eigenvalue weighted by molar-refractivity contribution is -0.117. The van der Waals surface area contributed by atoms with Crippen LogP contribution in [0.1, 0.15) is 111 Å². The van der Waals surface area contributed by atoms with Gasteiger partial charge in [0, 0.05) is 37.4 Å². The van der Waals surface area contributed by atoms with Crippen LogP contribution in [0.2, 0.25) is 0 Å². The van der Waals surface area contributed by atoms with Gasteiger partial charge in [-0.25, -0.2) is 13.8 Å². The van der Waals surface area contributed by atoms with Crippen LogP contribution in [0.3, 0.4) is 0 Å². The van der Waals surface area contributed by atoms with Gasteiger partial charge in [-0.3, -0.25) is 19.7 Å². The number of carbonyl (C=O) groups excluding carboxylic acids is 1. The van der Waals surface area contributed by atoms with Crippen LogP contribution in [-0.2, 0) is 10.2 Å². The van der Waals surface area contributed by atoms with Gasteiger partial charge in [0.25, 0.3) is 5.92 Å². The predicted molar refractivity (Wildman–Crippen MR) is 165 cm³/mol. The molecule has 1 aromatic heterocycles. The van der Waals surface area contributed by atoms with E-state index in [9.17, 15) is 13.6 Å². The zero-order valence-electron chi connectivity index (χ0n) is 26.5. The summed E-state index contributed by atoms with van der Waals surface area (Å²) in [7, 11) is 0. The molecule has 1 amide bonds. The summed E-state index contributed by atoms with van der Waals surface area (Å²) in [5, 5.41) is 8.59. The van der Waals surface area contributed by atoms with Gasteiger partial charge >= 0.3 is 0 Å². The Bertz CT molecular complexity index is 1150. The normalized spacial score (nSPS) is 17.9. The number of halogens is 2. The summed E-state index contributed by atoms with van der Waals surface area (Å²) in [6, 6.07) is 7.55. The summed E-state index contributed by atoms with van der Waals surface area (Å²) in [4.78, 5) is 26.8. The van der Waals surface area contributed by atoms with Crippen LogP contribution in [0.25, 0.3) is 0 Å². The number of benzene rings is 1. The number of rotatable bonds is 7. The van der Waals surface area contributed by atoms with E-state index in [1.165, 1.54) is 6.92 Å². The van der Waals surface area contributed by atoms with E-state index in [4.69, 9.17) is 5.26 Å². The second kappa shape index (κ2) is 16.9. The summed E-state index contributed by atoms with van der Waals surface area (Å²) < 4.78 is 28.5. The molecule has 0 N–H and O–H groups in total. The zero-order chi connectivity index (χ0) is 31.2. The molecule has 1 aliphatic rings. The number of alkyl halides is 2. The largest absolute Gasteiger partial charge is 0.296 e. The molecule has 0 unspecified atom stereocenters. The minimum absolute atomic E-state index is 0.0690. The Morgan fingerprint density at radius 1 is 1.24 bits per heavy atom. The van der Waals surface area contributed by atoms with Crippen molar-refractivity contribution >= 4 is 23.6 Å². The maximum atomic E-state index is 14.2. The highest BCUT2D eigenvalue weighted by Crippen LogP contribution is 2.44. The second-order valence-electron chi connectivity index (χ2n) is 11.4. The fourth-order valence-corrected chi connectivity index (χ4v) is 4.74. The number of carbonyl (C=O) groups is 1. The maximum Gasteiger partial charge on any atom is 0.250 e. The molecule has 6 nitrogen and oxygen atoms in total. The quantitative estimate of drug-likeness (QED) is 0.312. The summed E-state index contributed by atoms with van der Waals surface area (Å²) in [6.45, 7) is 17.9. The molecule has 0 spiro atoms. The van der Waals surface area contributed by atoms with Crippen molar-refractivity contribution in [3.05, 3.63) is 47.4 Å². The van der Waals surface area contributed by atoms with E-state index in [1.807, 2.05) is 46.8 Å². The van der Waals surface area contributed by atoms with Crippen molar-refractivity contribution < 1.29 is 13.6 Å². The minimum atomic E-state index is -2.58. The van der Waals surface area contributed by atoms with Crippen molar-refractivity contribution in [3.63, 3.8) is 0 Å². The average Bonchev–Trinajstić information content (AvgIpc) is 2.93. The monoisotopic (exact) mass is 569 g/mol. The second-order valence-corrected chi connectivity index (χ2v) is 11.4. The molecule has 0 radical (unpaired) electrons. The van der Waals surface area contributed by atoms with Gasteiger partial charge in [0.1, 0.15) is 0 Å². The molecule has 1 saturated carbocycles. The van der Waals surface area contributed by atoms with Crippen LogP contribution in [0.15, 0.2) is 35.6 Å². The van der Waals surface area contributed by atoms with Crippen LogP contribution in [-0.4, -0.2) is 34.6 Å². The van der Waals surface area contributed by atoms with Crippen LogP contribution in [0.4, 0.5) is 20.3 Å². The van der Waals surface area contributed by atoms with Crippen molar-refractivity contribution in [1.82, 2.24) is 9.97 Å². The van der Waals surface area contributed by atoms with Crippen LogP contribution in [0, 0.1) is 30.1 Å². The topological polar surface area (TPSA) is 82.2 Å². The van der Waals surface area contributed by atoms with Crippen LogP contribution in [0.5, 0.6) is 0 Å². The smallest absolute Gasteiger partial charge is 0.250 e. The Labute approximate surface area is 246 Å². The minimum Gasteiger partial charge on any atom is -0.296 e. The summed E-state index contributed by atoms with van der Waals surface area (Å²) in [6.07, 6.45) is 8.17. The third-order valence-electron chi connectivity index (χ3n) is 7.11. The van der Waals surface area contributed by atoms with Gasteiger partial charge in [0.15, 0.2) is 5.82 Å². The van der Waals surface area contributed by atoms with E-state index >= 15 is 0 Å². The highest BCUT2D eigenvalue weighted by Gasteiger charge is 2.44. The Balaban J connectivity index is 0.000000500. The third kappa shape index (κ3) is 11.3. The Kier molecular flexibility index (Phi) is 14.8. The molecule has 1 aliphatic carbocycles. The molecule has 2 aromatic rings. The fraction of sp³-hybridized carbons (Fsp3) is 0.606. The Morgan fingerprint density at radius 3 is 2.41 bits per heavy atom. The molecule has 1 heterocycles. The number of amides is 1. The number of anilines is 1. The van der Waals surface area contributed by atoms with Crippen LogP contribution < -0.4 is 4.90 Å². The maximum absolute atomic E-state index is 14.2. The number of aryl methyl sites for hydroxylation is 1. The van der Waals surface area contributed by atoms with Crippen molar-refractivity contribution in [2.45, 2.75) is 112 Å². The first-order valence-corrected chi connectivity index (χ1v) is 14.8. The number of nitriles is 1. The molecular formula is C33H49F2N5O. The van der Waals surface area contributed by atoms with Crippen LogP contribution >= 0.6 is 0 Å². The van der Waals surface area contributed by atoms with E-state index < -0.39 is 11.8 Å². The standard InChI is InChI=1S/C21H33F2N3O.C10H10N2.C2H6/c1-6-7-8-17-11-16(9-10-21(17,22)23)14-26(15(2)27)19-13-24-18(12-25-19)20(3,4)5;1-3-12-10-5-4-9(7-11)6-8(10)2;1-2/h12-13,16-17H,6-11,14H2,1-5H3;3-6H,1-2H3;1-2H3/t16-,17-;;/m1../s1. The first-order chi connectivity index (χ1) is 19.3. The van der Waals surface area contributed by atoms with Gasteiger partial charge in [-0.1, -0.05) is 54.4 Å². The van der Waals surface area contributed by atoms with Gasteiger partial charge in [-0.15, -0.1) is 0 Å². The van der Waals surface area contributed by atoms with E-state index in [0.717, 1.165) is 29.8 Å². The predicted octanol–water partition coefficient (Wildman–Crippen LogP) is 8.98. The lowest BCUT2D eigenvalue weighted by Gasteiger charge is -2.37. The lowest BCUT2D eigenvalue weighted by Crippen LogP contribution is -2.41. The Hall–Kier alpha value is -3.21. The molecule has 1 fully saturated rings. The molecular weight excluding hydrogens is 520 g/mol. The summed E-state index contributed by atoms with van der Waals surface area (Å²) in [5.74, 6) is -2.73. The number of hydrogen-bond acceptors (Lipinski definition) is 5. The third-order valence-corrected chi connectivity index (χ3v) is 7.11. The van der Waals surface area contributed by atoms with E-state index in [1.54, 1.807) is 29.6 Å². The highest BCUT2D eigenvalue weighted by atomic mass is 19.3. The van der Waals surface area contributed by atoms with Crippen molar-refractivity contribution in [1.29, 1.82) is 5.26 Å². The molecule has 41 heavy (non-hydrogen) atoms.